The summed E-state index contributed by atoms with van der Waals surface area (Å²) >= 11 is 0. The van der Waals surface area contributed by atoms with Gasteiger partial charge in [-0.15, -0.1) is 0 Å². The summed E-state index contributed by atoms with van der Waals surface area (Å²) in [6.45, 7) is 2.81. The van der Waals surface area contributed by atoms with Crippen LogP contribution in [0.25, 0.3) is 16.6 Å². The highest BCUT2D eigenvalue weighted by Crippen LogP contribution is 2.16. The van der Waals surface area contributed by atoms with Crippen LogP contribution in [-0.2, 0) is 20.1 Å². The van der Waals surface area contributed by atoms with Crippen LogP contribution >= 0.6 is 0 Å². The molecule has 4 rings (SSSR count). The standard InChI is InChI=1S/C18H18N6O2/c1-3-23-16-8-13(17(25)19-9-12-10-21-22(2)11-12)4-5-14(16)24-15(18(23)26)6-7-20-24/h4-8,10-11H,3,9H2,1-2H3,(H,19,25). The number of nitrogens with one attached hydrogen (secondary N) is 1. The Kier molecular flexibility index (Phi) is 3.80. The van der Waals surface area contributed by atoms with Crippen molar-refractivity contribution in [2.45, 2.75) is 20.0 Å². The van der Waals surface area contributed by atoms with Gasteiger partial charge in [-0.2, -0.15) is 10.2 Å². The number of benzene rings is 1. The van der Waals surface area contributed by atoms with Crippen molar-refractivity contribution in [3.05, 3.63) is 64.3 Å². The van der Waals surface area contributed by atoms with Crippen LogP contribution in [0.3, 0.4) is 0 Å². The lowest BCUT2D eigenvalue weighted by Gasteiger charge is -2.11. The molecule has 0 radical (unpaired) electrons. The highest BCUT2D eigenvalue weighted by Gasteiger charge is 2.13. The van der Waals surface area contributed by atoms with E-state index in [-0.39, 0.29) is 11.5 Å². The Balaban J connectivity index is 1.73. The van der Waals surface area contributed by atoms with Crippen LogP contribution in [0.2, 0.25) is 0 Å². The first-order chi connectivity index (χ1) is 12.6. The summed E-state index contributed by atoms with van der Waals surface area (Å²) in [6.07, 6.45) is 5.17. The van der Waals surface area contributed by atoms with Crippen LogP contribution in [0.15, 0.2) is 47.7 Å². The SMILES string of the molecule is CCn1c(=O)c2ccnn2c2ccc(C(=O)NCc3cnn(C)c3)cc21. The van der Waals surface area contributed by atoms with Gasteiger partial charge in [-0.05, 0) is 31.2 Å². The topological polar surface area (TPSA) is 86.2 Å². The largest absolute Gasteiger partial charge is 0.348 e. The molecule has 1 amide bonds. The molecule has 0 fully saturated rings. The molecule has 0 saturated heterocycles. The number of fused-ring (bicyclic) bond motifs is 3. The molecule has 1 aromatic carbocycles. The lowest BCUT2D eigenvalue weighted by molar-refractivity contribution is 0.0951. The Labute approximate surface area is 148 Å². The molecule has 0 aliphatic carbocycles. The molecule has 1 N–H and O–H groups in total. The van der Waals surface area contributed by atoms with Gasteiger partial charge in [0.15, 0.2) is 0 Å². The molecule has 0 bridgehead atoms. The summed E-state index contributed by atoms with van der Waals surface area (Å²) in [5.41, 5.74) is 3.29. The van der Waals surface area contributed by atoms with Crippen LogP contribution in [0.5, 0.6) is 0 Å². The molecule has 4 aromatic rings. The predicted octanol–water partition coefficient (Wildman–Crippen LogP) is 1.33. The third kappa shape index (κ3) is 2.55. The van der Waals surface area contributed by atoms with Gasteiger partial charge in [-0.25, -0.2) is 4.52 Å². The van der Waals surface area contributed by atoms with E-state index in [0.717, 1.165) is 11.1 Å². The Morgan fingerprint density at radius 3 is 2.73 bits per heavy atom. The van der Waals surface area contributed by atoms with Gasteiger partial charge < -0.3 is 9.88 Å². The molecule has 0 saturated carbocycles. The van der Waals surface area contributed by atoms with E-state index in [0.29, 0.717) is 29.7 Å². The van der Waals surface area contributed by atoms with Crippen molar-refractivity contribution in [1.82, 2.24) is 29.3 Å². The summed E-state index contributed by atoms with van der Waals surface area (Å²) in [5, 5.41) is 11.2. The van der Waals surface area contributed by atoms with Gasteiger partial charge in [0.2, 0.25) is 0 Å². The number of carbonyl (C=O) groups is 1. The van der Waals surface area contributed by atoms with E-state index in [2.05, 4.69) is 15.5 Å². The van der Waals surface area contributed by atoms with Gasteiger partial charge in [0.05, 0.1) is 23.4 Å². The quantitative estimate of drug-likeness (QED) is 0.602. The van der Waals surface area contributed by atoms with E-state index in [1.165, 1.54) is 0 Å². The van der Waals surface area contributed by atoms with Gasteiger partial charge in [0, 0.05) is 37.5 Å². The zero-order valence-corrected chi connectivity index (χ0v) is 14.5. The summed E-state index contributed by atoms with van der Waals surface area (Å²) < 4.78 is 4.96. The van der Waals surface area contributed by atoms with Crippen LogP contribution in [0.1, 0.15) is 22.8 Å². The van der Waals surface area contributed by atoms with Crippen molar-refractivity contribution >= 4 is 22.5 Å². The number of hydrogen-bond acceptors (Lipinski definition) is 4. The zero-order chi connectivity index (χ0) is 18.3. The van der Waals surface area contributed by atoms with Gasteiger partial charge in [-0.3, -0.25) is 14.3 Å². The number of rotatable bonds is 4. The maximum atomic E-state index is 12.6. The second kappa shape index (κ2) is 6.14. The van der Waals surface area contributed by atoms with Crippen LogP contribution in [0.4, 0.5) is 0 Å². The number of nitrogens with zero attached hydrogens (tertiary/aromatic N) is 5. The summed E-state index contributed by atoms with van der Waals surface area (Å²) in [4.78, 5) is 25.1. The fourth-order valence-corrected chi connectivity index (χ4v) is 3.13. The highest BCUT2D eigenvalue weighted by molar-refractivity contribution is 5.97. The molecule has 0 unspecified atom stereocenters. The Hall–Kier alpha value is -3.42. The number of aryl methyl sites for hydroxylation is 2. The predicted molar refractivity (Wildman–Crippen MR) is 97.0 cm³/mol. The van der Waals surface area contributed by atoms with E-state index in [9.17, 15) is 9.59 Å². The zero-order valence-electron chi connectivity index (χ0n) is 14.5. The van der Waals surface area contributed by atoms with Gasteiger partial charge in [-0.1, -0.05) is 0 Å². The van der Waals surface area contributed by atoms with Crippen molar-refractivity contribution in [2.75, 3.05) is 0 Å². The van der Waals surface area contributed by atoms with Crippen molar-refractivity contribution < 1.29 is 4.79 Å². The maximum Gasteiger partial charge on any atom is 0.277 e. The molecule has 0 aliphatic heterocycles. The van der Waals surface area contributed by atoms with Crippen molar-refractivity contribution in [2.24, 2.45) is 7.05 Å². The minimum atomic E-state index is -0.202. The Bertz CT molecular complexity index is 1180. The molecule has 26 heavy (non-hydrogen) atoms. The third-order valence-electron chi connectivity index (χ3n) is 4.39. The van der Waals surface area contributed by atoms with Crippen molar-refractivity contribution in [3.63, 3.8) is 0 Å². The lowest BCUT2D eigenvalue weighted by atomic mass is 10.1. The molecule has 8 heteroatoms. The minimum absolute atomic E-state index is 0.120. The number of carbonyl (C=O) groups excluding carboxylic acids is 1. The normalized spacial score (nSPS) is 11.3. The highest BCUT2D eigenvalue weighted by atomic mass is 16.1. The minimum Gasteiger partial charge on any atom is -0.348 e. The molecule has 8 nitrogen and oxygen atoms in total. The third-order valence-corrected chi connectivity index (χ3v) is 4.39. The average Bonchev–Trinajstić information content (AvgIpc) is 3.29. The number of amides is 1. The Morgan fingerprint density at radius 2 is 2.00 bits per heavy atom. The number of hydrogen-bond donors (Lipinski definition) is 1. The van der Waals surface area contributed by atoms with E-state index in [1.54, 1.807) is 44.4 Å². The summed E-state index contributed by atoms with van der Waals surface area (Å²) in [6, 6.07) is 6.99. The van der Waals surface area contributed by atoms with Crippen LogP contribution in [-0.4, -0.2) is 29.9 Å². The molecule has 3 heterocycles. The van der Waals surface area contributed by atoms with Crippen LogP contribution < -0.4 is 10.9 Å². The molecule has 0 atom stereocenters. The smallest absolute Gasteiger partial charge is 0.277 e. The second-order valence-electron chi connectivity index (χ2n) is 6.09. The molecular weight excluding hydrogens is 332 g/mol. The monoisotopic (exact) mass is 350 g/mol. The Morgan fingerprint density at radius 1 is 1.15 bits per heavy atom. The van der Waals surface area contributed by atoms with Gasteiger partial charge in [0.1, 0.15) is 5.52 Å². The summed E-state index contributed by atoms with van der Waals surface area (Å²) in [7, 11) is 1.83. The first kappa shape index (κ1) is 16.1. The molecule has 132 valence electrons. The lowest BCUT2D eigenvalue weighted by Crippen LogP contribution is -2.24. The van der Waals surface area contributed by atoms with Gasteiger partial charge >= 0.3 is 0 Å². The molecule has 0 aliphatic rings. The van der Waals surface area contributed by atoms with Crippen molar-refractivity contribution in [1.29, 1.82) is 0 Å². The molecular formula is C18H18N6O2. The summed E-state index contributed by atoms with van der Waals surface area (Å²) in [5.74, 6) is -0.202. The maximum absolute atomic E-state index is 12.6. The van der Waals surface area contributed by atoms with Crippen molar-refractivity contribution in [3.8, 4) is 0 Å². The first-order valence-electron chi connectivity index (χ1n) is 8.34. The van der Waals surface area contributed by atoms with E-state index >= 15 is 0 Å². The van der Waals surface area contributed by atoms with E-state index < -0.39 is 0 Å². The number of aromatic nitrogens is 5. The van der Waals surface area contributed by atoms with E-state index in [4.69, 9.17) is 0 Å². The average molecular weight is 350 g/mol. The fourth-order valence-electron chi connectivity index (χ4n) is 3.13. The first-order valence-corrected chi connectivity index (χ1v) is 8.34. The molecule has 3 aromatic heterocycles. The second-order valence-corrected chi connectivity index (χ2v) is 6.09. The molecule has 0 spiro atoms. The fraction of sp³-hybridized carbons (Fsp3) is 0.222. The van der Waals surface area contributed by atoms with Gasteiger partial charge in [0.25, 0.3) is 11.5 Å². The van der Waals surface area contributed by atoms with E-state index in [1.807, 2.05) is 26.2 Å². The van der Waals surface area contributed by atoms with Crippen LogP contribution in [0, 0.1) is 0 Å².